The molecule has 0 N–H and O–H groups in total. The molecule has 0 aliphatic rings. The van der Waals surface area contributed by atoms with Crippen molar-refractivity contribution in [2.45, 2.75) is 77.8 Å². The van der Waals surface area contributed by atoms with Crippen LogP contribution in [-0.2, 0) is 13.7 Å². The van der Waals surface area contributed by atoms with Gasteiger partial charge in [-0.2, -0.15) is 0 Å². The van der Waals surface area contributed by atoms with Gasteiger partial charge >= 0.3 is 0 Å². The monoisotopic (exact) mass is 302 g/mol. The zero-order chi connectivity index (χ0) is 15.1. The molecule has 0 aromatic rings. The van der Waals surface area contributed by atoms with Crippen molar-refractivity contribution >= 4 is 28.2 Å². The second-order valence-electron chi connectivity index (χ2n) is 6.73. The molecule has 0 amide bonds. The van der Waals surface area contributed by atoms with Crippen molar-refractivity contribution in [3.05, 3.63) is 0 Å². The van der Waals surface area contributed by atoms with Gasteiger partial charge in [0.1, 0.15) is 11.6 Å². The molecule has 19 heavy (non-hydrogen) atoms. The van der Waals surface area contributed by atoms with E-state index in [4.69, 9.17) is 4.12 Å². The van der Waals surface area contributed by atoms with Crippen molar-refractivity contribution in [1.82, 2.24) is 0 Å². The van der Waals surface area contributed by atoms with Crippen LogP contribution in [0.5, 0.6) is 0 Å². The van der Waals surface area contributed by atoms with Crippen LogP contribution in [0.2, 0.25) is 38.3 Å². The molecule has 0 spiro atoms. The molecule has 112 valence electrons. The number of carbonyl (C=O) groups is 2. The van der Waals surface area contributed by atoms with Crippen LogP contribution in [0.1, 0.15) is 39.5 Å². The van der Waals surface area contributed by atoms with Crippen molar-refractivity contribution in [2.24, 2.45) is 0 Å². The van der Waals surface area contributed by atoms with Gasteiger partial charge in [0.15, 0.2) is 16.6 Å². The second kappa shape index (κ2) is 8.12. The first-order valence-electron chi connectivity index (χ1n) is 7.23. The van der Waals surface area contributed by atoms with Crippen molar-refractivity contribution in [1.29, 1.82) is 0 Å². The number of hydrogen-bond acceptors (Lipinski definition) is 3. The highest BCUT2D eigenvalue weighted by atomic mass is 28.4. The molecule has 0 fully saturated rings. The van der Waals surface area contributed by atoms with Crippen molar-refractivity contribution < 1.29 is 13.7 Å². The molecule has 0 aliphatic heterocycles. The molecule has 0 saturated heterocycles. The van der Waals surface area contributed by atoms with E-state index < -0.39 is 16.6 Å². The fraction of sp³-hybridized carbons (Fsp3) is 0.857. The van der Waals surface area contributed by atoms with E-state index in [1.54, 1.807) is 13.8 Å². The lowest BCUT2D eigenvalue weighted by atomic mass is 10.2. The van der Waals surface area contributed by atoms with E-state index in [0.29, 0.717) is 12.8 Å². The van der Waals surface area contributed by atoms with Gasteiger partial charge in [-0.25, -0.2) is 0 Å². The summed E-state index contributed by atoms with van der Waals surface area (Å²) in [6, 6.07) is 2.03. The number of carbonyl (C=O) groups excluding carboxylic acids is 2. The molecular formula is C14H30O3Si2. The molecule has 0 aromatic heterocycles. The van der Waals surface area contributed by atoms with E-state index in [2.05, 4.69) is 26.2 Å². The maximum Gasteiger partial charge on any atom is 0.173 e. The molecule has 0 bridgehead atoms. The first-order chi connectivity index (χ1) is 8.54. The summed E-state index contributed by atoms with van der Waals surface area (Å²) in [6.45, 7) is 12.2. The van der Waals surface area contributed by atoms with Gasteiger partial charge in [0.2, 0.25) is 0 Å². The van der Waals surface area contributed by atoms with Crippen LogP contribution in [0.25, 0.3) is 0 Å². The Morgan fingerprint density at radius 3 is 1.74 bits per heavy atom. The Labute approximate surface area is 120 Å². The maximum atomic E-state index is 11.1. The van der Waals surface area contributed by atoms with E-state index in [-0.39, 0.29) is 11.6 Å². The predicted molar refractivity (Wildman–Crippen MR) is 85.5 cm³/mol. The zero-order valence-electron chi connectivity index (χ0n) is 13.5. The summed E-state index contributed by atoms with van der Waals surface area (Å²) in [5.41, 5.74) is 0. The van der Waals surface area contributed by atoms with Gasteiger partial charge in [0.25, 0.3) is 0 Å². The molecule has 5 heteroatoms. The summed E-state index contributed by atoms with van der Waals surface area (Å²) >= 11 is 0. The van der Waals surface area contributed by atoms with Crippen LogP contribution < -0.4 is 0 Å². The third-order valence-electron chi connectivity index (χ3n) is 3.19. The van der Waals surface area contributed by atoms with Gasteiger partial charge < -0.3 is 13.7 Å². The molecule has 0 heterocycles. The van der Waals surface area contributed by atoms with Gasteiger partial charge in [-0.15, -0.1) is 0 Å². The topological polar surface area (TPSA) is 43.4 Å². The smallest absolute Gasteiger partial charge is 0.173 e. The quantitative estimate of drug-likeness (QED) is 0.450. The highest BCUT2D eigenvalue weighted by molar-refractivity contribution is 6.84. The molecule has 0 radical (unpaired) electrons. The molecule has 0 saturated carbocycles. The lowest BCUT2D eigenvalue weighted by Gasteiger charge is -2.34. The third kappa shape index (κ3) is 11.3. The highest BCUT2D eigenvalue weighted by Gasteiger charge is 2.32. The number of rotatable bonds is 10. The molecule has 3 nitrogen and oxygen atoms in total. The summed E-state index contributed by atoms with van der Waals surface area (Å²) in [5, 5.41) is 0. The van der Waals surface area contributed by atoms with E-state index in [0.717, 1.165) is 24.9 Å². The van der Waals surface area contributed by atoms with Crippen LogP contribution in [0.3, 0.4) is 0 Å². The minimum absolute atomic E-state index is 0.255. The van der Waals surface area contributed by atoms with Gasteiger partial charge in [0, 0.05) is 12.8 Å². The minimum Gasteiger partial charge on any atom is -0.455 e. The van der Waals surface area contributed by atoms with Gasteiger partial charge in [-0.05, 0) is 58.5 Å². The normalized spacial score (nSPS) is 12.5. The molecule has 0 rings (SSSR count). The number of ketones is 2. The van der Waals surface area contributed by atoms with Crippen LogP contribution in [-0.4, -0.2) is 28.2 Å². The molecule has 0 aromatic carbocycles. The van der Waals surface area contributed by atoms with Crippen LogP contribution in [0.4, 0.5) is 0 Å². The fourth-order valence-corrected chi connectivity index (χ4v) is 11.1. The largest absolute Gasteiger partial charge is 0.455 e. The molecular weight excluding hydrogens is 272 g/mol. The summed E-state index contributed by atoms with van der Waals surface area (Å²) in [5.74, 6) is 0.529. The van der Waals surface area contributed by atoms with Gasteiger partial charge in [-0.1, -0.05) is 6.42 Å². The van der Waals surface area contributed by atoms with Crippen LogP contribution >= 0.6 is 0 Å². The Balaban J connectivity index is 4.10. The first-order valence-corrected chi connectivity index (χ1v) is 13.5. The Morgan fingerprint density at radius 2 is 1.26 bits per heavy atom. The number of unbranched alkanes of at least 4 members (excludes halogenated alkanes) is 1. The second-order valence-corrected chi connectivity index (χ2v) is 15.6. The molecule has 0 aliphatic carbocycles. The Hall–Kier alpha value is -0.266. The number of Topliss-reactive ketones (excluding diaryl/α,β-unsaturated/α-hetero) is 2. The SMILES string of the molecule is CC(=O)CCCC[Si](C)(C)O[Si](C)(C)CCC(C)=O. The third-order valence-corrected chi connectivity index (χ3v) is 10.6. The van der Waals surface area contributed by atoms with Crippen LogP contribution in [0.15, 0.2) is 0 Å². The first kappa shape index (κ1) is 18.7. The highest BCUT2D eigenvalue weighted by Crippen LogP contribution is 2.24. The summed E-state index contributed by atoms with van der Waals surface area (Å²) in [4.78, 5) is 22.0. The fourth-order valence-electron chi connectivity index (χ4n) is 2.25. The lowest BCUT2D eigenvalue weighted by molar-refractivity contribution is -0.117. The Bertz CT molecular complexity index is 312. The van der Waals surface area contributed by atoms with Gasteiger partial charge in [0.05, 0.1) is 0 Å². The van der Waals surface area contributed by atoms with E-state index >= 15 is 0 Å². The average molecular weight is 303 g/mol. The zero-order valence-corrected chi connectivity index (χ0v) is 15.5. The van der Waals surface area contributed by atoms with Crippen LogP contribution in [0, 0.1) is 0 Å². The lowest BCUT2D eigenvalue weighted by Crippen LogP contribution is -2.44. The average Bonchev–Trinajstić information content (AvgIpc) is 2.20. The Morgan fingerprint density at radius 1 is 0.789 bits per heavy atom. The maximum absolute atomic E-state index is 11.1. The predicted octanol–water partition coefficient (Wildman–Crippen LogP) is 4.15. The van der Waals surface area contributed by atoms with Crippen molar-refractivity contribution in [3.8, 4) is 0 Å². The minimum atomic E-state index is -1.71. The van der Waals surface area contributed by atoms with Gasteiger partial charge in [-0.3, -0.25) is 0 Å². The van der Waals surface area contributed by atoms with E-state index in [9.17, 15) is 9.59 Å². The van der Waals surface area contributed by atoms with Crippen molar-refractivity contribution in [3.63, 3.8) is 0 Å². The standard InChI is InChI=1S/C14H30O3Si2/c1-13(15)9-7-8-11-18(3,4)17-19(5,6)12-10-14(2)16/h7-12H2,1-6H3. The molecule has 0 atom stereocenters. The summed E-state index contributed by atoms with van der Waals surface area (Å²) < 4.78 is 6.42. The van der Waals surface area contributed by atoms with E-state index in [1.807, 2.05) is 0 Å². The number of hydrogen-bond donors (Lipinski definition) is 0. The van der Waals surface area contributed by atoms with E-state index in [1.165, 1.54) is 0 Å². The summed E-state index contributed by atoms with van der Waals surface area (Å²) in [6.07, 6.45) is 3.39. The summed E-state index contributed by atoms with van der Waals surface area (Å²) in [7, 11) is -3.35. The Kier molecular flexibility index (Phi) is 8.00. The molecule has 0 unspecified atom stereocenters. The van der Waals surface area contributed by atoms with Crippen molar-refractivity contribution in [2.75, 3.05) is 0 Å².